The predicted octanol–water partition coefficient (Wildman–Crippen LogP) is 3.01. The number of carbonyl (C=O) groups excluding carboxylic acids is 9. The summed E-state index contributed by atoms with van der Waals surface area (Å²) in [6.07, 6.45) is 0.189. The molecule has 0 aliphatic carbocycles. The van der Waals surface area contributed by atoms with Gasteiger partial charge in [0.25, 0.3) is 29.5 Å². The van der Waals surface area contributed by atoms with Crippen molar-refractivity contribution in [1.82, 2.24) is 20.0 Å². The molecule has 0 spiro atoms. The summed E-state index contributed by atoms with van der Waals surface area (Å²) in [5.74, 6) is -5.96. The Morgan fingerprint density at radius 2 is 1.18 bits per heavy atom. The minimum absolute atomic E-state index is 0.0313. The number of imide groups is 4. The average Bonchev–Trinajstić information content (AvgIpc) is 3.20. The molecular weight excluding hydrogens is 796 g/mol. The van der Waals surface area contributed by atoms with Gasteiger partial charge in [0, 0.05) is 41.8 Å². The molecule has 0 radical (unpaired) electrons. The summed E-state index contributed by atoms with van der Waals surface area (Å²) in [6, 6.07) is 13.7. The van der Waals surface area contributed by atoms with Gasteiger partial charge in [-0.25, -0.2) is 9.59 Å². The fraction of sp³-hybridized carbons (Fsp3) is 0.302. The summed E-state index contributed by atoms with van der Waals surface area (Å²) in [7, 11) is 1.32. The number of piperidine rings is 2. The van der Waals surface area contributed by atoms with E-state index < -0.39 is 77.6 Å². The first-order valence-electron chi connectivity index (χ1n) is 19.1. The Bertz CT molecular complexity index is 2650. The maximum atomic E-state index is 13.3. The number of carboxylic acid groups (broad SMARTS) is 1. The van der Waals surface area contributed by atoms with E-state index in [2.05, 4.69) is 5.32 Å². The molecule has 0 bridgehead atoms. The van der Waals surface area contributed by atoms with Crippen LogP contribution in [0.1, 0.15) is 87.9 Å². The summed E-state index contributed by atoms with van der Waals surface area (Å²) in [4.78, 5) is 126. The van der Waals surface area contributed by atoms with Crippen LogP contribution in [0.4, 0.5) is 0 Å². The molecule has 8 rings (SSSR count). The molecule has 4 heterocycles. The lowest BCUT2D eigenvalue weighted by Crippen LogP contribution is -2.57. The second-order valence-electron chi connectivity index (χ2n) is 15.6. The second kappa shape index (κ2) is 15.9. The lowest BCUT2D eigenvalue weighted by atomic mass is 9.91. The summed E-state index contributed by atoms with van der Waals surface area (Å²) in [5, 5.41) is 13.0. The van der Waals surface area contributed by atoms with Gasteiger partial charge < -0.3 is 19.3 Å². The number of hydrogen-bond acceptors (Lipinski definition) is 13. The highest BCUT2D eigenvalue weighted by molar-refractivity contribution is 6.28. The van der Waals surface area contributed by atoms with Crippen LogP contribution in [-0.2, 0) is 33.5 Å². The molecule has 0 saturated carbocycles. The molecule has 61 heavy (non-hydrogen) atoms. The number of ether oxygens (including phenoxy) is 3. The normalized spacial score (nSPS) is 18.9. The van der Waals surface area contributed by atoms with Crippen molar-refractivity contribution in [3.05, 3.63) is 82.9 Å². The van der Waals surface area contributed by atoms with Crippen LogP contribution in [0.5, 0.6) is 11.5 Å². The number of carbonyl (C=O) groups is 10. The highest BCUT2D eigenvalue weighted by Crippen LogP contribution is 2.37. The van der Waals surface area contributed by atoms with E-state index in [0.717, 1.165) is 14.7 Å². The summed E-state index contributed by atoms with van der Waals surface area (Å²) >= 11 is 0. The van der Waals surface area contributed by atoms with Gasteiger partial charge >= 0.3 is 11.9 Å². The highest BCUT2D eigenvalue weighted by atomic mass is 16.6. The lowest BCUT2D eigenvalue weighted by molar-refractivity contribution is -0.157. The summed E-state index contributed by atoms with van der Waals surface area (Å²) in [6.45, 7) is 4.28. The first-order valence-corrected chi connectivity index (χ1v) is 19.1. The van der Waals surface area contributed by atoms with Gasteiger partial charge in [-0.2, -0.15) is 0 Å². The van der Waals surface area contributed by atoms with E-state index in [1.54, 1.807) is 69.3 Å². The van der Waals surface area contributed by atoms with Crippen molar-refractivity contribution in [3.8, 4) is 11.5 Å². The van der Waals surface area contributed by atoms with E-state index >= 15 is 0 Å². The Morgan fingerprint density at radius 3 is 1.69 bits per heavy atom. The Hall–Kier alpha value is -7.50. The smallest absolute Gasteiger partial charge is 0.344 e. The van der Waals surface area contributed by atoms with Gasteiger partial charge in [0.15, 0.2) is 13.2 Å². The number of nitrogens with one attached hydrogen (secondary N) is 1. The second-order valence-corrected chi connectivity index (χ2v) is 15.6. The van der Waals surface area contributed by atoms with Gasteiger partial charge in [-0.15, -0.1) is 0 Å². The molecule has 4 aromatic carbocycles. The van der Waals surface area contributed by atoms with Crippen molar-refractivity contribution in [2.24, 2.45) is 0 Å². The van der Waals surface area contributed by atoms with Crippen LogP contribution < -0.4 is 14.8 Å². The third-order valence-electron chi connectivity index (χ3n) is 10.3. The number of aliphatic carboxylic acids is 1. The third kappa shape index (κ3) is 7.98. The molecule has 4 aliphatic rings. The van der Waals surface area contributed by atoms with Crippen LogP contribution in [0.3, 0.4) is 0 Å². The molecule has 2 N–H and O–H groups in total. The van der Waals surface area contributed by atoms with Crippen LogP contribution in [0.25, 0.3) is 21.5 Å². The predicted molar refractivity (Wildman–Crippen MR) is 210 cm³/mol. The van der Waals surface area contributed by atoms with E-state index in [-0.39, 0.29) is 72.0 Å². The van der Waals surface area contributed by atoms with Crippen LogP contribution in [0.2, 0.25) is 0 Å². The number of likely N-dealkylation sites (N-methyl/N-ethyl adjacent to an activating group) is 1. The highest BCUT2D eigenvalue weighted by Gasteiger charge is 2.45. The summed E-state index contributed by atoms with van der Waals surface area (Å²) in [5.41, 5.74) is 0.200. The molecule has 0 aromatic heterocycles. The van der Waals surface area contributed by atoms with Gasteiger partial charge in [0.1, 0.15) is 29.2 Å². The van der Waals surface area contributed by atoms with Crippen molar-refractivity contribution >= 4 is 80.7 Å². The Morgan fingerprint density at radius 1 is 0.689 bits per heavy atom. The maximum Gasteiger partial charge on any atom is 0.344 e. The van der Waals surface area contributed by atoms with Crippen molar-refractivity contribution in [2.75, 3.05) is 20.3 Å². The average molecular weight is 835 g/mol. The molecule has 4 aliphatic heterocycles. The first-order chi connectivity index (χ1) is 28.8. The number of esters is 1. The topological polar surface area (TPSA) is 240 Å². The molecule has 8 amide bonds. The summed E-state index contributed by atoms with van der Waals surface area (Å²) < 4.78 is 16.0. The van der Waals surface area contributed by atoms with Gasteiger partial charge in [-0.3, -0.25) is 58.4 Å². The SMILES string of the molecule is CC(C)(C)OC(=O)COc1cc2c3c(cccc3c1)C(=O)N(C1CCC(=O)NC1=O)C2=O.CN1C(=O)CCC(N2C(=O)c3cccc4cc(OCC(=O)O)cc(c34)C2=O)C1=O. The quantitative estimate of drug-likeness (QED) is 0.192. The Labute approximate surface area is 346 Å². The molecule has 2 unspecified atom stereocenters. The number of carboxylic acids is 1. The molecule has 18 nitrogen and oxygen atoms in total. The van der Waals surface area contributed by atoms with Crippen LogP contribution >= 0.6 is 0 Å². The Kier molecular flexibility index (Phi) is 10.9. The fourth-order valence-electron chi connectivity index (χ4n) is 7.66. The third-order valence-corrected chi connectivity index (χ3v) is 10.3. The minimum Gasteiger partial charge on any atom is -0.482 e. The van der Waals surface area contributed by atoms with E-state index in [0.29, 0.717) is 21.5 Å². The fourth-order valence-corrected chi connectivity index (χ4v) is 7.66. The number of amides is 8. The van der Waals surface area contributed by atoms with Gasteiger partial charge in [0.2, 0.25) is 17.7 Å². The monoisotopic (exact) mass is 834 g/mol. The van der Waals surface area contributed by atoms with E-state index in [1.165, 1.54) is 19.2 Å². The van der Waals surface area contributed by atoms with Crippen molar-refractivity contribution in [2.45, 2.75) is 64.1 Å². The number of likely N-dealkylation sites (tertiary alicyclic amines) is 1. The zero-order valence-electron chi connectivity index (χ0n) is 33.3. The number of benzene rings is 4. The molecule has 314 valence electrons. The van der Waals surface area contributed by atoms with E-state index in [9.17, 15) is 47.9 Å². The van der Waals surface area contributed by atoms with Crippen molar-refractivity contribution in [3.63, 3.8) is 0 Å². The van der Waals surface area contributed by atoms with Crippen LogP contribution in [-0.4, -0.2) is 117 Å². The molecule has 18 heteroatoms. The number of hydrogen-bond donors (Lipinski definition) is 2. The zero-order chi connectivity index (χ0) is 44.1. The minimum atomic E-state index is -1.17. The molecule has 2 fully saturated rings. The number of nitrogens with zero attached hydrogens (tertiary/aromatic N) is 3. The standard InChI is InChI=1S/C23H22N2O7.C20H16N2O7/c1-23(2,3)32-18(27)11-31-13-9-12-5-4-6-14-19(12)15(10-13)22(30)25(21(14)29)16-7-8-17(26)24-20(16)28;1-21-15(23)6-5-14(20(21)28)22-18(26)12-4-2-3-10-7-11(29-9-16(24)25)8-13(17(10)12)19(22)27/h4-6,9-10,16H,7-8,11H2,1-3H3,(H,24,26,28);2-4,7-8,14H,5-6,9H2,1H3,(H,24,25). The van der Waals surface area contributed by atoms with Gasteiger partial charge in [0.05, 0.1) is 11.1 Å². The van der Waals surface area contributed by atoms with E-state index in [1.807, 2.05) is 0 Å². The first kappa shape index (κ1) is 41.7. The van der Waals surface area contributed by atoms with E-state index in [4.69, 9.17) is 19.3 Å². The maximum absolute atomic E-state index is 13.3. The number of rotatable bonds is 8. The van der Waals surface area contributed by atoms with Crippen LogP contribution in [0, 0.1) is 0 Å². The van der Waals surface area contributed by atoms with Crippen molar-refractivity contribution in [1.29, 1.82) is 0 Å². The molecule has 4 aromatic rings. The largest absolute Gasteiger partial charge is 0.482 e. The Balaban J connectivity index is 0.000000185. The van der Waals surface area contributed by atoms with Gasteiger partial charge in [-0.1, -0.05) is 24.3 Å². The zero-order valence-corrected chi connectivity index (χ0v) is 33.3. The lowest BCUT2D eigenvalue weighted by Gasteiger charge is -2.37. The molecule has 2 saturated heterocycles. The van der Waals surface area contributed by atoms with Crippen molar-refractivity contribution < 1.29 is 67.3 Å². The molecular formula is C43H38N4O14. The van der Waals surface area contributed by atoms with Crippen LogP contribution in [0.15, 0.2) is 60.7 Å². The van der Waals surface area contributed by atoms with Gasteiger partial charge in [-0.05, 0) is 80.8 Å². The molecule has 2 atom stereocenters.